The number of ether oxygens (including phenoxy) is 1. The zero-order valence-electron chi connectivity index (χ0n) is 14.4. The maximum absolute atomic E-state index is 11.7. The highest BCUT2D eigenvalue weighted by atomic mass is 16.6. The van der Waals surface area contributed by atoms with Gasteiger partial charge in [0, 0.05) is 18.5 Å². The molecule has 0 aromatic heterocycles. The molecule has 0 bridgehead atoms. The fourth-order valence-corrected chi connectivity index (χ4v) is 2.65. The standard InChI is InChI=1S/C14H28N2O2.C2H6/c1-6-7-14(9-15-8-11(14)2)10-16-12(17)18-13(3,4)5;1-2/h11,15H,6-10H2,1-5H3,(H,16,17);1-2H3. The molecule has 1 rings (SSSR count). The molecule has 1 aliphatic rings. The van der Waals surface area contributed by atoms with Gasteiger partial charge in [-0.1, -0.05) is 34.1 Å². The highest BCUT2D eigenvalue weighted by Crippen LogP contribution is 2.35. The van der Waals surface area contributed by atoms with Crippen LogP contribution in [0.4, 0.5) is 4.79 Å². The van der Waals surface area contributed by atoms with Crippen LogP contribution in [-0.4, -0.2) is 31.3 Å². The molecule has 0 aliphatic carbocycles. The lowest BCUT2D eigenvalue weighted by Gasteiger charge is -2.33. The van der Waals surface area contributed by atoms with Crippen molar-refractivity contribution < 1.29 is 9.53 Å². The van der Waals surface area contributed by atoms with Gasteiger partial charge in [-0.3, -0.25) is 0 Å². The molecule has 1 aliphatic heterocycles. The summed E-state index contributed by atoms with van der Waals surface area (Å²) >= 11 is 0. The quantitative estimate of drug-likeness (QED) is 0.830. The molecule has 2 atom stereocenters. The fourth-order valence-electron chi connectivity index (χ4n) is 2.65. The van der Waals surface area contributed by atoms with Gasteiger partial charge in [-0.2, -0.15) is 0 Å². The van der Waals surface area contributed by atoms with Gasteiger partial charge in [0.1, 0.15) is 5.60 Å². The van der Waals surface area contributed by atoms with E-state index in [-0.39, 0.29) is 11.5 Å². The lowest BCUT2D eigenvalue weighted by Crippen LogP contribution is -2.43. The molecular weight excluding hydrogens is 252 g/mol. The van der Waals surface area contributed by atoms with Crippen molar-refractivity contribution in [1.82, 2.24) is 10.6 Å². The summed E-state index contributed by atoms with van der Waals surface area (Å²) in [7, 11) is 0. The molecule has 2 unspecified atom stereocenters. The van der Waals surface area contributed by atoms with Crippen LogP contribution in [0.3, 0.4) is 0 Å². The SMILES string of the molecule is CC.CCCC1(CNC(=O)OC(C)(C)C)CNCC1C. The molecular formula is C16H34N2O2. The number of rotatable bonds is 4. The van der Waals surface area contributed by atoms with Crippen LogP contribution in [0.25, 0.3) is 0 Å². The summed E-state index contributed by atoms with van der Waals surface area (Å²) in [6.07, 6.45) is 1.97. The summed E-state index contributed by atoms with van der Waals surface area (Å²) in [5.74, 6) is 0.590. The number of alkyl carbamates (subject to hydrolysis) is 1. The van der Waals surface area contributed by atoms with Gasteiger partial charge >= 0.3 is 6.09 Å². The smallest absolute Gasteiger partial charge is 0.407 e. The fraction of sp³-hybridized carbons (Fsp3) is 0.938. The van der Waals surface area contributed by atoms with Crippen LogP contribution in [0, 0.1) is 11.3 Å². The van der Waals surface area contributed by atoms with Crippen LogP contribution >= 0.6 is 0 Å². The number of nitrogens with one attached hydrogen (secondary N) is 2. The Hall–Kier alpha value is -0.770. The molecule has 4 heteroatoms. The molecule has 120 valence electrons. The predicted octanol–water partition coefficient (Wildman–Crippen LogP) is 3.56. The van der Waals surface area contributed by atoms with E-state index in [1.54, 1.807) is 0 Å². The van der Waals surface area contributed by atoms with Gasteiger partial charge in [0.15, 0.2) is 0 Å². The Morgan fingerprint density at radius 2 is 2.00 bits per heavy atom. The number of hydrogen-bond acceptors (Lipinski definition) is 3. The van der Waals surface area contributed by atoms with Crippen molar-refractivity contribution in [3.63, 3.8) is 0 Å². The van der Waals surface area contributed by atoms with E-state index < -0.39 is 5.60 Å². The summed E-state index contributed by atoms with van der Waals surface area (Å²) in [4.78, 5) is 11.7. The maximum Gasteiger partial charge on any atom is 0.407 e. The molecule has 0 aromatic rings. The third-order valence-electron chi connectivity index (χ3n) is 3.70. The summed E-state index contributed by atoms with van der Waals surface area (Å²) in [6, 6.07) is 0. The Kier molecular flexibility index (Phi) is 8.17. The van der Waals surface area contributed by atoms with E-state index >= 15 is 0 Å². The van der Waals surface area contributed by atoms with Gasteiger partial charge in [-0.15, -0.1) is 0 Å². The molecule has 0 spiro atoms. The third kappa shape index (κ3) is 6.12. The maximum atomic E-state index is 11.7. The Bertz CT molecular complexity index is 287. The van der Waals surface area contributed by atoms with E-state index in [9.17, 15) is 4.79 Å². The van der Waals surface area contributed by atoms with Crippen molar-refractivity contribution in [2.24, 2.45) is 11.3 Å². The van der Waals surface area contributed by atoms with E-state index in [2.05, 4.69) is 24.5 Å². The molecule has 0 saturated carbocycles. The van der Waals surface area contributed by atoms with Crippen molar-refractivity contribution in [2.45, 2.75) is 66.9 Å². The number of hydrogen-bond donors (Lipinski definition) is 2. The van der Waals surface area contributed by atoms with E-state index in [4.69, 9.17) is 4.74 Å². The lowest BCUT2D eigenvalue weighted by atomic mass is 9.75. The van der Waals surface area contributed by atoms with Crippen LogP contribution in [0.5, 0.6) is 0 Å². The molecule has 2 N–H and O–H groups in total. The van der Waals surface area contributed by atoms with Crippen LogP contribution in [0.2, 0.25) is 0 Å². The van der Waals surface area contributed by atoms with Gasteiger partial charge in [0.05, 0.1) is 0 Å². The van der Waals surface area contributed by atoms with E-state index in [0.717, 1.165) is 25.9 Å². The minimum atomic E-state index is -0.429. The Balaban J connectivity index is 0.00000172. The molecule has 4 nitrogen and oxygen atoms in total. The van der Waals surface area contributed by atoms with Gasteiger partial charge in [0.2, 0.25) is 0 Å². The molecule has 1 fully saturated rings. The summed E-state index contributed by atoms with van der Waals surface area (Å²) < 4.78 is 5.29. The first-order chi connectivity index (χ1) is 9.29. The van der Waals surface area contributed by atoms with Crippen molar-refractivity contribution in [1.29, 1.82) is 0 Å². The molecule has 20 heavy (non-hydrogen) atoms. The number of carbonyl (C=O) groups is 1. The first kappa shape index (κ1) is 19.2. The average molecular weight is 286 g/mol. The van der Waals surface area contributed by atoms with E-state index in [0.29, 0.717) is 12.5 Å². The van der Waals surface area contributed by atoms with Crippen LogP contribution in [-0.2, 0) is 4.74 Å². The minimum absolute atomic E-state index is 0.186. The van der Waals surface area contributed by atoms with Gasteiger partial charge in [0.25, 0.3) is 0 Å². The second kappa shape index (κ2) is 8.50. The molecule has 0 aromatic carbocycles. The predicted molar refractivity (Wildman–Crippen MR) is 85.0 cm³/mol. The monoisotopic (exact) mass is 286 g/mol. The zero-order valence-corrected chi connectivity index (χ0v) is 14.4. The topological polar surface area (TPSA) is 50.4 Å². The minimum Gasteiger partial charge on any atom is -0.444 e. The Labute approximate surface area is 125 Å². The van der Waals surface area contributed by atoms with Gasteiger partial charge in [-0.05, 0) is 39.7 Å². The summed E-state index contributed by atoms with van der Waals surface area (Å²) in [5.41, 5.74) is -0.243. The lowest BCUT2D eigenvalue weighted by molar-refractivity contribution is 0.0488. The average Bonchev–Trinajstić information content (AvgIpc) is 2.70. The molecule has 1 amide bonds. The third-order valence-corrected chi connectivity index (χ3v) is 3.70. The van der Waals surface area contributed by atoms with E-state index in [1.807, 2.05) is 34.6 Å². The zero-order chi connectivity index (χ0) is 15.8. The number of amides is 1. The van der Waals surface area contributed by atoms with Crippen LogP contribution < -0.4 is 10.6 Å². The largest absolute Gasteiger partial charge is 0.444 e. The van der Waals surface area contributed by atoms with Crippen molar-refractivity contribution in [3.8, 4) is 0 Å². The highest BCUT2D eigenvalue weighted by Gasteiger charge is 2.39. The van der Waals surface area contributed by atoms with Gasteiger partial charge in [-0.25, -0.2) is 4.79 Å². The molecule has 1 heterocycles. The first-order valence-electron chi connectivity index (χ1n) is 7.97. The van der Waals surface area contributed by atoms with Crippen molar-refractivity contribution >= 4 is 6.09 Å². The Morgan fingerprint density at radius 3 is 2.40 bits per heavy atom. The highest BCUT2D eigenvalue weighted by molar-refractivity contribution is 5.67. The van der Waals surface area contributed by atoms with Crippen LogP contribution in [0.1, 0.15) is 61.3 Å². The molecule has 1 saturated heterocycles. The number of carbonyl (C=O) groups excluding carboxylic acids is 1. The van der Waals surface area contributed by atoms with Crippen molar-refractivity contribution in [3.05, 3.63) is 0 Å². The molecule has 0 radical (unpaired) electrons. The van der Waals surface area contributed by atoms with Crippen molar-refractivity contribution in [2.75, 3.05) is 19.6 Å². The second-order valence-corrected chi connectivity index (χ2v) is 6.50. The second-order valence-electron chi connectivity index (χ2n) is 6.50. The Morgan fingerprint density at radius 1 is 1.40 bits per heavy atom. The summed E-state index contributed by atoms with van der Waals surface area (Å²) in [6.45, 7) is 16.8. The summed E-state index contributed by atoms with van der Waals surface area (Å²) in [5, 5.41) is 6.36. The van der Waals surface area contributed by atoms with E-state index in [1.165, 1.54) is 0 Å². The normalized spacial score (nSPS) is 25.6. The first-order valence-corrected chi connectivity index (χ1v) is 7.97. The van der Waals surface area contributed by atoms with Crippen LogP contribution in [0.15, 0.2) is 0 Å². The van der Waals surface area contributed by atoms with Gasteiger partial charge < -0.3 is 15.4 Å².